The fourth-order valence-electron chi connectivity index (χ4n) is 2.09. The third-order valence-corrected chi connectivity index (χ3v) is 4.13. The number of nitrogens with one attached hydrogen (secondary N) is 1. The zero-order valence-corrected chi connectivity index (χ0v) is 15.6. The van der Waals surface area contributed by atoms with Gasteiger partial charge in [-0.15, -0.1) is 0 Å². The van der Waals surface area contributed by atoms with E-state index in [1.165, 1.54) is 12.1 Å². The van der Waals surface area contributed by atoms with Crippen LogP contribution in [0.4, 0.5) is 5.69 Å². The molecule has 0 saturated carbocycles. The van der Waals surface area contributed by atoms with Crippen LogP contribution in [0.5, 0.6) is 0 Å². The first-order chi connectivity index (χ1) is 11.9. The first kappa shape index (κ1) is 19.1. The Labute approximate surface area is 154 Å². The summed E-state index contributed by atoms with van der Waals surface area (Å²) >= 11 is 3.10. The molecule has 0 atom stereocenters. The van der Waals surface area contributed by atoms with Crippen LogP contribution >= 0.6 is 15.9 Å². The molecule has 2 aromatic carbocycles. The van der Waals surface area contributed by atoms with Crippen LogP contribution in [-0.4, -0.2) is 16.9 Å². The van der Waals surface area contributed by atoms with Gasteiger partial charge >= 0.3 is 0 Å². The van der Waals surface area contributed by atoms with Crippen molar-refractivity contribution in [3.8, 4) is 0 Å². The number of nitrogens with zero attached hydrogens (tertiary/aromatic N) is 1. The highest BCUT2D eigenvalue weighted by atomic mass is 79.9. The summed E-state index contributed by atoms with van der Waals surface area (Å²) in [5, 5.41) is 13.7. The first-order valence-electron chi connectivity index (χ1n) is 7.78. The van der Waals surface area contributed by atoms with Gasteiger partial charge in [0.05, 0.1) is 22.1 Å². The molecule has 0 heterocycles. The van der Waals surface area contributed by atoms with E-state index < -0.39 is 4.92 Å². The molecule has 0 aliphatic rings. The summed E-state index contributed by atoms with van der Waals surface area (Å²) < 4.78 is 5.88. The third kappa shape index (κ3) is 5.65. The Morgan fingerprint density at radius 1 is 1.20 bits per heavy atom. The fourth-order valence-corrected chi connectivity index (χ4v) is 2.49. The van der Waals surface area contributed by atoms with Crippen molar-refractivity contribution in [3.63, 3.8) is 0 Å². The monoisotopic (exact) mass is 406 g/mol. The molecule has 1 amide bonds. The Hall–Kier alpha value is -2.25. The Bertz CT molecular complexity index is 760. The summed E-state index contributed by atoms with van der Waals surface area (Å²) in [5.41, 5.74) is 2.11. The van der Waals surface area contributed by atoms with E-state index in [9.17, 15) is 14.9 Å². The molecule has 132 valence electrons. The second-order valence-corrected chi connectivity index (χ2v) is 6.64. The van der Waals surface area contributed by atoms with Crippen molar-refractivity contribution < 1.29 is 14.5 Å². The van der Waals surface area contributed by atoms with Crippen molar-refractivity contribution in [3.05, 3.63) is 73.7 Å². The minimum Gasteiger partial charge on any atom is -0.374 e. The lowest BCUT2D eigenvalue weighted by atomic mass is 10.1. The standard InChI is InChI=1S/C18H19BrN2O4/c1-12(2)25-11-14-5-3-13(4-6-14)10-20-18(22)15-7-8-16(19)17(9-15)21(23)24/h3-9,12H,10-11H2,1-2H3,(H,20,22). The molecule has 0 unspecified atom stereocenters. The van der Waals surface area contributed by atoms with E-state index in [0.29, 0.717) is 17.6 Å². The number of hydrogen-bond acceptors (Lipinski definition) is 4. The number of hydrogen-bond donors (Lipinski definition) is 1. The number of nitro benzene ring substituents is 1. The van der Waals surface area contributed by atoms with Gasteiger partial charge in [0.25, 0.3) is 11.6 Å². The van der Waals surface area contributed by atoms with E-state index in [2.05, 4.69) is 21.2 Å². The molecule has 0 saturated heterocycles. The van der Waals surface area contributed by atoms with Gasteiger partial charge in [0, 0.05) is 18.2 Å². The molecule has 0 fully saturated rings. The summed E-state index contributed by atoms with van der Waals surface area (Å²) in [6.07, 6.45) is 0.175. The van der Waals surface area contributed by atoms with Crippen molar-refractivity contribution in [1.82, 2.24) is 5.32 Å². The maximum absolute atomic E-state index is 12.2. The van der Waals surface area contributed by atoms with Gasteiger partial charge in [-0.1, -0.05) is 24.3 Å². The van der Waals surface area contributed by atoms with Gasteiger partial charge in [-0.05, 0) is 53.0 Å². The van der Waals surface area contributed by atoms with E-state index in [0.717, 1.165) is 11.1 Å². The smallest absolute Gasteiger partial charge is 0.284 e. The zero-order chi connectivity index (χ0) is 18.4. The molecule has 25 heavy (non-hydrogen) atoms. The van der Waals surface area contributed by atoms with Gasteiger partial charge in [-0.2, -0.15) is 0 Å². The normalized spacial score (nSPS) is 10.7. The number of nitro groups is 1. The van der Waals surface area contributed by atoms with Crippen LogP contribution in [0.15, 0.2) is 46.9 Å². The topological polar surface area (TPSA) is 81.5 Å². The van der Waals surface area contributed by atoms with Gasteiger partial charge in [-0.25, -0.2) is 0 Å². The van der Waals surface area contributed by atoms with Crippen LogP contribution in [0, 0.1) is 10.1 Å². The van der Waals surface area contributed by atoms with Crippen molar-refractivity contribution in [2.24, 2.45) is 0 Å². The van der Waals surface area contributed by atoms with Crippen LogP contribution in [0.25, 0.3) is 0 Å². The molecule has 6 nitrogen and oxygen atoms in total. The minimum absolute atomic E-state index is 0.137. The lowest BCUT2D eigenvalue weighted by Gasteiger charge is -2.09. The highest BCUT2D eigenvalue weighted by Gasteiger charge is 2.15. The summed E-state index contributed by atoms with van der Waals surface area (Å²) in [5.74, 6) is -0.359. The lowest BCUT2D eigenvalue weighted by Crippen LogP contribution is -2.22. The highest BCUT2D eigenvalue weighted by Crippen LogP contribution is 2.25. The molecular weight excluding hydrogens is 388 g/mol. The Kier molecular flexibility index (Phi) is 6.66. The number of carbonyl (C=O) groups excluding carboxylic acids is 1. The predicted molar refractivity (Wildman–Crippen MR) is 98.3 cm³/mol. The second-order valence-electron chi connectivity index (χ2n) is 5.78. The maximum atomic E-state index is 12.2. The molecular formula is C18H19BrN2O4. The van der Waals surface area contributed by atoms with Gasteiger partial charge in [-0.3, -0.25) is 14.9 Å². The number of amides is 1. The number of carbonyl (C=O) groups is 1. The van der Waals surface area contributed by atoms with Crippen LogP contribution in [0.3, 0.4) is 0 Å². The van der Waals surface area contributed by atoms with Gasteiger partial charge in [0.2, 0.25) is 0 Å². The maximum Gasteiger partial charge on any atom is 0.284 e. The molecule has 0 radical (unpaired) electrons. The van der Waals surface area contributed by atoms with E-state index >= 15 is 0 Å². The van der Waals surface area contributed by atoms with E-state index in [1.807, 2.05) is 38.1 Å². The number of benzene rings is 2. The minimum atomic E-state index is -0.529. The third-order valence-electron chi connectivity index (χ3n) is 3.46. The van der Waals surface area contributed by atoms with E-state index in [1.54, 1.807) is 6.07 Å². The summed E-state index contributed by atoms with van der Waals surface area (Å²) in [6.45, 7) is 4.85. The van der Waals surface area contributed by atoms with Gasteiger partial charge in [0.1, 0.15) is 0 Å². The Balaban J connectivity index is 1.96. The average molecular weight is 407 g/mol. The predicted octanol–water partition coefficient (Wildman–Crippen LogP) is 4.21. The van der Waals surface area contributed by atoms with E-state index in [-0.39, 0.29) is 23.3 Å². The van der Waals surface area contributed by atoms with Gasteiger partial charge < -0.3 is 10.1 Å². The lowest BCUT2D eigenvalue weighted by molar-refractivity contribution is -0.385. The van der Waals surface area contributed by atoms with Crippen LogP contribution in [0.1, 0.15) is 35.3 Å². The number of ether oxygens (including phenoxy) is 1. The number of halogens is 1. The molecule has 0 bridgehead atoms. The Morgan fingerprint density at radius 3 is 2.44 bits per heavy atom. The number of rotatable bonds is 7. The molecule has 7 heteroatoms. The average Bonchev–Trinajstić information content (AvgIpc) is 2.58. The first-order valence-corrected chi connectivity index (χ1v) is 8.57. The SMILES string of the molecule is CC(C)OCc1ccc(CNC(=O)c2ccc(Br)c([N+](=O)[O-])c2)cc1. The highest BCUT2D eigenvalue weighted by molar-refractivity contribution is 9.10. The molecule has 2 aromatic rings. The summed E-state index contributed by atoms with van der Waals surface area (Å²) in [7, 11) is 0. The van der Waals surface area contributed by atoms with Crippen LogP contribution < -0.4 is 5.32 Å². The molecule has 2 rings (SSSR count). The van der Waals surface area contributed by atoms with E-state index in [4.69, 9.17) is 4.74 Å². The quantitative estimate of drug-likeness (QED) is 0.551. The van der Waals surface area contributed by atoms with Crippen molar-refractivity contribution in [2.45, 2.75) is 33.1 Å². The van der Waals surface area contributed by atoms with Crippen molar-refractivity contribution in [2.75, 3.05) is 0 Å². The molecule has 0 spiro atoms. The molecule has 0 aliphatic heterocycles. The van der Waals surface area contributed by atoms with Gasteiger partial charge in [0.15, 0.2) is 0 Å². The van der Waals surface area contributed by atoms with Crippen molar-refractivity contribution >= 4 is 27.5 Å². The molecule has 0 aliphatic carbocycles. The summed E-state index contributed by atoms with van der Waals surface area (Å²) in [6, 6.07) is 12.0. The fraction of sp³-hybridized carbons (Fsp3) is 0.278. The molecule has 0 aromatic heterocycles. The molecule has 1 N–H and O–H groups in total. The van der Waals surface area contributed by atoms with Crippen LogP contribution in [0.2, 0.25) is 0 Å². The summed E-state index contributed by atoms with van der Waals surface area (Å²) in [4.78, 5) is 22.6. The zero-order valence-electron chi connectivity index (χ0n) is 14.0. The Morgan fingerprint density at radius 2 is 1.84 bits per heavy atom. The second kappa shape index (κ2) is 8.73. The largest absolute Gasteiger partial charge is 0.374 e. The van der Waals surface area contributed by atoms with Crippen LogP contribution in [-0.2, 0) is 17.9 Å². The van der Waals surface area contributed by atoms with Crippen molar-refractivity contribution in [1.29, 1.82) is 0 Å².